The van der Waals surface area contributed by atoms with Crippen molar-refractivity contribution in [3.05, 3.63) is 35.4 Å². The molecule has 1 aromatic rings. The number of rotatable bonds is 9. The van der Waals surface area contributed by atoms with Crippen LogP contribution >= 0.6 is 0 Å². The number of unbranched alkanes of at least 4 members (excludes halogenated alkanes) is 5. The van der Waals surface area contributed by atoms with Crippen LogP contribution in [-0.4, -0.2) is 11.2 Å². The second-order valence-electron chi connectivity index (χ2n) is 5.40. The fourth-order valence-electron chi connectivity index (χ4n) is 2.26. The minimum absolute atomic E-state index is 0.168. The summed E-state index contributed by atoms with van der Waals surface area (Å²) in [5, 5.41) is 9.97. The first-order valence-electron chi connectivity index (χ1n) is 7.46. The molecule has 1 N–H and O–H groups in total. The van der Waals surface area contributed by atoms with Gasteiger partial charge in [0.15, 0.2) is 0 Å². The summed E-state index contributed by atoms with van der Waals surface area (Å²) in [6, 6.07) is 8.49. The highest BCUT2D eigenvalue weighted by atomic mass is 16.3. The normalized spacial score (nSPS) is 12.6. The Hall–Kier alpha value is -0.820. The van der Waals surface area contributed by atoms with Crippen molar-refractivity contribution in [3.8, 4) is 0 Å². The maximum Gasteiger partial charge on any atom is 0.0580 e. The molecule has 1 aromatic carbocycles. The maximum atomic E-state index is 9.97. The van der Waals surface area contributed by atoms with Gasteiger partial charge in [-0.2, -0.15) is 0 Å². The molecule has 0 amide bonds. The number of aliphatic hydroxyl groups is 1. The fourth-order valence-corrected chi connectivity index (χ4v) is 2.26. The quantitative estimate of drug-likeness (QED) is 0.631. The van der Waals surface area contributed by atoms with Gasteiger partial charge in [0.25, 0.3) is 0 Å². The molecule has 1 unspecified atom stereocenters. The van der Waals surface area contributed by atoms with Crippen LogP contribution in [-0.2, 0) is 6.42 Å². The summed E-state index contributed by atoms with van der Waals surface area (Å²) in [6.45, 7) is 4.34. The molecule has 0 aromatic heterocycles. The van der Waals surface area contributed by atoms with Crippen LogP contribution in [0.4, 0.5) is 0 Å². The van der Waals surface area contributed by atoms with Gasteiger partial charge in [-0.1, -0.05) is 75.3 Å². The first-order chi connectivity index (χ1) is 8.72. The summed E-state index contributed by atoms with van der Waals surface area (Å²) in [5.41, 5.74) is 2.53. The topological polar surface area (TPSA) is 20.2 Å². The van der Waals surface area contributed by atoms with Gasteiger partial charge in [-0.15, -0.1) is 0 Å². The van der Waals surface area contributed by atoms with E-state index in [1.54, 1.807) is 0 Å². The molecular formula is C17H28O. The Morgan fingerprint density at radius 2 is 1.56 bits per heavy atom. The van der Waals surface area contributed by atoms with Crippen LogP contribution in [0.3, 0.4) is 0 Å². The SMILES string of the molecule is CCCCCCCCC(O)Cc1ccc(C)cc1. The molecule has 102 valence electrons. The Kier molecular flexibility index (Phi) is 7.75. The Bertz CT molecular complexity index is 302. The van der Waals surface area contributed by atoms with Crippen LogP contribution in [0.25, 0.3) is 0 Å². The molecular weight excluding hydrogens is 220 g/mol. The molecule has 0 bridgehead atoms. The zero-order chi connectivity index (χ0) is 13.2. The smallest absolute Gasteiger partial charge is 0.0580 e. The van der Waals surface area contributed by atoms with Crippen molar-refractivity contribution < 1.29 is 5.11 Å². The predicted molar refractivity (Wildman–Crippen MR) is 78.9 cm³/mol. The molecule has 0 saturated carbocycles. The lowest BCUT2D eigenvalue weighted by atomic mass is 10.0. The Balaban J connectivity index is 2.10. The summed E-state index contributed by atoms with van der Waals surface area (Å²) >= 11 is 0. The molecule has 0 spiro atoms. The second kappa shape index (κ2) is 9.16. The van der Waals surface area contributed by atoms with E-state index in [-0.39, 0.29) is 6.10 Å². The molecule has 1 heteroatoms. The van der Waals surface area contributed by atoms with E-state index in [1.165, 1.54) is 43.2 Å². The van der Waals surface area contributed by atoms with E-state index in [4.69, 9.17) is 0 Å². The van der Waals surface area contributed by atoms with Crippen molar-refractivity contribution in [3.63, 3.8) is 0 Å². The van der Waals surface area contributed by atoms with E-state index < -0.39 is 0 Å². The van der Waals surface area contributed by atoms with Gasteiger partial charge >= 0.3 is 0 Å². The first kappa shape index (κ1) is 15.2. The monoisotopic (exact) mass is 248 g/mol. The van der Waals surface area contributed by atoms with Crippen molar-refractivity contribution in [2.24, 2.45) is 0 Å². The highest BCUT2D eigenvalue weighted by Gasteiger charge is 2.05. The predicted octanol–water partition coefficient (Wildman–Crippen LogP) is 4.65. The zero-order valence-electron chi connectivity index (χ0n) is 12.0. The van der Waals surface area contributed by atoms with Crippen LogP contribution < -0.4 is 0 Å². The second-order valence-corrected chi connectivity index (χ2v) is 5.40. The molecule has 0 fully saturated rings. The highest BCUT2D eigenvalue weighted by Crippen LogP contribution is 2.12. The van der Waals surface area contributed by atoms with Gasteiger partial charge in [-0.3, -0.25) is 0 Å². The average Bonchev–Trinajstić information content (AvgIpc) is 2.36. The molecule has 1 nitrogen and oxygen atoms in total. The zero-order valence-corrected chi connectivity index (χ0v) is 12.0. The van der Waals surface area contributed by atoms with Crippen molar-refractivity contribution in [2.45, 2.75) is 71.3 Å². The molecule has 0 aliphatic carbocycles. The summed E-state index contributed by atoms with van der Waals surface area (Å²) in [4.78, 5) is 0. The summed E-state index contributed by atoms with van der Waals surface area (Å²) in [5.74, 6) is 0. The summed E-state index contributed by atoms with van der Waals surface area (Å²) < 4.78 is 0. The largest absolute Gasteiger partial charge is 0.393 e. The fraction of sp³-hybridized carbons (Fsp3) is 0.647. The number of aliphatic hydroxyl groups excluding tert-OH is 1. The van der Waals surface area contributed by atoms with Crippen LogP contribution in [0.2, 0.25) is 0 Å². The third-order valence-electron chi connectivity index (χ3n) is 3.48. The van der Waals surface area contributed by atoms with Gasteiger partial charge in [0, 0.05) is 0 Å². The Morgan fingerprint density at radius 1 is 0.944 bits per heavy atom. The van der Waals surface area contributed by atoms with Crippen LogP contribution in [0.15, 0.2) is 24.3 Å². The Morgan fingerprint density at radius 3 is 2.22 bits per heavy atom. The minimum atomic E-state index is -0.168. The van der Waals surface area contributed by atoms with E-state index in [0.29, 0.717) is 0 Å². The molecule has 0 saturated heterocycles. The van der Waals surface area contributed by atoms with E-state index in [2.05, 4.69) is 38.1 Å². The van der Waals surface area contributed by atoms with Gasteiger partial charge < -0.3 is 5.11 Å². The number of hydrogen-bond donors (Lipinski definition) is 1. The molecule has 18 heavy (non-hydrogen) atoms. The van der Waals surface area contributed by atoms with Crippen LogP contribution in [0.1, 0.15) is 63.0 Å². The van der Waals surface area contributed by atoms with E-state index in [0.717, 1.165) is 19.3 Å². The first-order valence-corrected chi connectivity index (χ1v) is 7.46. The number of aryl methyl sites for hydroxylation is 1. The van der Waals surface area contributed by atoms with Gasteiger partial charge in [-0.05, 0) is 25.3 Å². The van der Waals surface area contributed by atoms with Crippen molar-refractivity contribution in [1.82, 2.24) is 0 Å². The van der Waals surface area contributed by atoms with Gasteiger partial charge in [0.05, 0.1) is 6.10 Å². The third-order valence-corrected chi connectivity index (χ3v) is 3.48. The van der Waals surface area contributed by atoms with Crippen LogP contribution in [0.5, 0.6) is 0 Å². The lowest BCUT2D eigenvalue weighted by Crippen LogP contribution is -2.10. The molecule has 1 rings (SSSR count). The van der Waals surface area contributed by atoms with Crippen LogP contribution in [0, 0.1) is 6.92 Å². The van der Waals surface area contributed by atoms with Gasteiger partial charge in [-0.25, -0.2) is 0 Å². The van der Waals surface area contributed by atoms with Gasteiger partial charge in [0.2, 0.25) is 0 Å². The van der Waals surface area contributed by atoms with Crippen molar-refractivity contribution in [1.29, 1.82) is 0 Å². The molecule has 1 atom stereocenters. The lowest BCUT2D eigenvalue weighted by Gasteiger charge is -2.10. The molecule has 0 aliphatic rings. The van der Waals surface area contributed by atoms with Gasteiger partial charge in [0.1, 0.15) is 0 Å². The molecule has 0 aliphatic heterocycles. The van der Waals surface area contributed by atoms with E-state index >= 15 is 0 Å². The summed E-state index contributed by atoms with van der Waals surface area (Å²) in [7, 11) is 0. The highest BCUT2D eigenvalue weighted by molar-refractivity contribution is 5.21. The van der Waals surface area contributed by atoms with E-state index in [1.807, 2.05) is 0 Å². The lowest BCUT2D eigenvalue weighted by molar-refractivity contribution is 0.161. The average molecular weight is 248 g/mol. The molecule has 0 radical (unpaired) electrons. The van der Waals surface area contributed by atoms with Crippen molar-refractivity contribution in [2.75, 3.05) is 0 Å². The number of benzene rings is 1. The van der Waals surface area contributed by atoms with E-state index in [9.17, 15) is 5.11 Å². The minimum Gasteiger partial charge on any atom is -0.393 e. The number of hydrogen-bond acceptors (Lipinski definition) is 1. The maximum absolute atomic E-state index is 9.97. The Labute approximate surface area is 112 Å². The van der Waals surface area contributed by atoms with Crippen molar-refractivity contribution >= 4 is 0 Å². The molecule has 0 heterocycles. The third kappa shape index (κ3) is 6.80. The standard InChI is InChI=1S/C17H28O/c1-3-4-5-6-7-8-9-17(18)14-16-12-10-15(2)11-13-16/h10-13,17-18H,3-9,14H2,1-2H3. The summed E-state index contributed by atoms with van der Waals surface area (Å²) in [6.07, 6.45) is 9.34.